The maximum atomic E-state index is 12.9. The number of aromatic nitrogens is 2. The molecule has 2 aromatic rings. The molecule has 1 N–H and O–H groups in total. The second kappa shape index (κ2) is 7.77. The minimum absolute atomic E-state index is 0.0262. The van der Waals surface area contributed by atoms with E-state index in [0.29, 0.717) is 25.1 Å². The second-order valence-corrected chi connectivity index (χ2v) is 7.06. The van der Waals surface area contributed by atoms with E-state index < -0.39 is 17.7 Å². The topological polar surface area (TPSA) is 66.1 Å². The molecular formula is C20H22F3N3O2. The third-order valence-electron chi connectivity index (χ3n) is 5.22. The number of carbonyl (C=O) groups excluding carboxylic acids is 2. The summed E-state index contributed by atoms with van der Waals surface area (Å²) < 4.78 is 38.8. The number of amides is 1. The van der Waals surface area contributed by atoms with Crippen molar-refractivity contribution in [2.24, 2.45) is 5.92 Å². The lowest BCUT2D eigenvalue weighted by Gasteiger charge is -2.31. The number of halogens is 3. The number of rotatable bonds is 4. The SMILES string of the molecule is CCc1[nH]nc(C(=O)N2CCC[C@H](C(=O)c3cccc(C(F)(F)F)c3)C2)c1C. The molecule has 1 aliphatic rings. The van der Waals surface area contributed by atoms with E-state index in [1.807, 2.05) is 13.8 Å². The summed E-state index contributed by atoms with van der Waals surface area (Å²) in [5.41, 5.74) is 1.19. The van der Waals surface area contributed by atoms with Crippen molar-refractivity contribution in [2.75, 3.05) is 13.1 Å². The molecule has 0 spiro atoms. The monoisotopic (exact) mass is 393 g/mol. The van der Waals surface area contributed by atoms with Crippen LogP contribution in [0.2, 0.25) is 0 Å². The lowest BCUT2D eigenvalue weighted by Crippen LogP contribution is -2.42. The maximum Gasteiger partial charge on any atom is 0.416 e. The zero-order valence-electron chi connectivity index (χ0n) is 15.8. The Labute approximate surface area is 160 Å². The molecule has 5 nitrogen and oxygen atoms in total. The van der Waals surface area contributed by atoms with Gasteiger partial charge in [0.1, 0.15) is 0 Å². The highest BCUT2D eigenvalue weighted by Crippen LogP contribution is 2.31. The Morgan fingerprint density at radius 1 is 1.32 bits per heavy atom. The molecule has 0 unspecified atom stereocenters. The van der Waals surface area contributed by atoms with Gasteiger partial charge in [-0.15, -0.1) is 0 Å². The van der Waals surface area contributed by atoms with Gasteiger partial charge in [-0.1, -0.05) is 19.1 Å². The highest BCUT2D eigenvalue weighted by Gasteiger charge is 2.34. The molecule has 3 rings (SSSR count). The summed E-state index contributed by atoms with van der Waals surface area (Å²) in [7, 11) is 0. The van der Waals surface area contributed by atoms with Crippen molar-refractivity contribution in [3.63, 3.8) is 0 Å². The predicted octanol–water partition coefficient (Wildman–Crippen LogP) is 4.03. The van der Waals surface area contributed by atoms with Crippen LogP contribution in [-0.4, -0.2) is 39.9 Å². The molecule has 0 radical (unpaired) electrons. The quantitative estimate of drug-likeness (QED) is 0.798. The van der Waals surface area contributed by atoms with E-state index in [1.165, 1.54) is 12.1 Å². The van der Waals surface area contributed by atoms with Crippen LogP contribution in [0.3, 0.4) is 0 Å². The Balaban J connectivity index is 1.77. The van der Waals surface area contributed by atoms with Gasteiger partial charge in [-0.2, -0.15) is 18.3 Å². The van der Waals surface area contributed by atoms with Crippen LogP contribution in [0, 0.1) is 12.8 Å². The number of ketones is 1. The number of H-pyrrole nitrogens is 1. The minimum Gasteiger partial charge on any atom is -0.337 e. The molecule has 1 aliphatic heterocycles. The molecule has 1 aromatic heterocycles. The first kappa shape index (κ1) is 20.1. The maximum absolute atomic E-state index is 12.9. The first-order chi connectivity index (χ1) is 13.2. The Hall–Kier alpha value is -2.64. The second-order valence-electron chi connectivity index (χ2n) is 7.06. The molecule has 1 amide bonds. The minimum atomic E-state index is -4.50. The first-order valence-corrected chi connectivity index (χ1v) is 9.27. The third-order valence-corrected chi connectivity index (χ3v) is 5.22. The van der Waals surface area contributed by atoms with Gasteiger partial charge in [0.15, 0.2) is 11.5 Å². The molecule has 28 heavy (non-hydrogen) atoms. The van der Waals surface area contributed by atoms with Crippen molar-refractivity contribution in [3.8, 4) is 0 Å². The van der Waals surface area contributed by atoms with Crippen LogP contribution >= 0.6 is 0 Å². The molecule has 1 saturated heterocycles. The Morgan fingerprint density at radius 3 is 2.71 bits per heavy atom. The number of piperidine rings is 1. The van der Waals surface area contributed by atoms with Gasteiger partial charge in [0, 0.05) is 35.8 Å². The molecule has 8 heteroatoms. The number of hydrogen-bond acceptors (Lipinski definition) is 3. The van der Waals surface area contributed by atoms with E-state index in [4.69, 9.17) is 0 Å². The molecule has 0 aliphatic carbocycles. The number of carbonyl (C=O) groups is 2. The van der Waals surface area contributed by atoms with Gasteiger partial charge in [0.2, 0.25) is 0 Å². The summed E-state index contributed by atoms with van der Waals surface area (Å²) in [6.45, 7) is 4.46. The van der Waals surface area contributed by atoms with Gasteiger partial charge in [0.25, 0.3) is 5.91 Å². The van der Waals surface area contributed by atoms with Crippen molar-refractivity contribution < 1.29 is 22.8 Å². The number of nitrogens with one attached hydrogen (secondary N) is 1. The highest BCUT2D eigenvalue weighted by atomic mass is 19.4. The van der Waals surface area contributed by atoms with Crippen LogP contribution in [0.15, 0.2) is 24.3 Å². The van der Waals surface area contributed by atoms with E-state index in [0.717, 1.165) is 29.8 Å². The molecule has 0 bridgehead atoms. The van der Waals surface area contributed by atoms with E-state index in [9.17, 15) is 22.8 Å². The van der Waals surface area contributed by atoms with Crippen molar-refractivity contribution in [2.45, 2.75) is 39.3 Å². The van der Waals surface area contributed by atoms with Crippen molar-refractivity contribution >= 4 is 11.7 Å². The zero-order chi connectivity index (χ0) is 20.5. The number of Topliss-reactive ketones (excluding diaryl/α,β-unsaturated/α-hetero) is 1. The largest absolute Gasteiger partial charge is 0.416 e. The van der Waals surface area contributed by atoms with Crippen LogP contribution in [0.1, 0.15) is 57.4 Å². The standard InChI is InChI=1S/C20H22F3N3O2/c1-3-16-12(2)17(25-24-16)19(28)26-9-5-7-14(11-26)18(27)13-6-4-8-15(10-13)20(21,22)23/h4,6,8,10,14H,3,5,7,9,11H2,1-2H3,(H,24,25)/t14-/m0/s1. The lowest BCUT2D eigenvalue weighted by molar-refractivity contribution is -0.137. The molecular weight excluding hydrogens is 371 g/mol. The highest BCUT2D eigenvalue weighted by molar-refractivity contribution is 5.99. The summed E-state index contributed by atoms with van der Waals surface area (Å²) >= 11 is 0. The number of likely N-dealkylation sites (tertiary alicyclic amines) is 1. The van der Waals surface area contributed by atoms with Crippen LogP contribution < -0.4 is 0 Å². The van der Waals surface area contributed by atoms with E-state index >= 15 is 0 Å². The number of aromatic amines is 1. The van der Waals surface area contributed by atoms with Gasteiger partial charge < -0.3 is 4.90 Å². The van der Waals surface area contributed by atoms with Gasteiger partial charge in [-0.3, -0.25) is 14.7 Å². The average molecular weight is 393 g/mol. The zero-order valence-corrected chi connectivity index (χ0v) is 15.8. The van der Waals surface area contributed by atoms with Crippen LogP contribution in [0.25, 0.3) is 0 Å². The number of hydrogen-bond donors (Lipinski definition) is 1. The third kappa shape index (κ3) is 3.95. The normalized spacial score (nSPS) is 17.6. The molecule has 1 aromatic carbocycles. The Morgan fingerprint density at radius 2 is 2.07 bits per heavy atom. The predicted molar refractivity (Wildman–Crippen MR) is 97.1 cm³/mol. The number of nitrogens with zero attached hydrogens (tertiary/aromatic N) is 2. The smallest absolute Gasteiger partial charge is 0.337 e. The van der Waals surface area contributed by atoms with E-state index in [1.54, 1.807) is 4.90 Å². The summed E-state index contributed by atoms with van der Waals surface area (Å²) in [4.78, 5) is 27.2. The molecule has 150 valence electrons. The summed E-state index contributed by atoms with van der Waals surface area (Å²) in [5, 5.41) is 6.96. The van der Waals surface area contributed by atoms with E-state index in [-0.39, 0.29) is 23.8 Å². The molecule has 0 saturated carbocycles. The van der Waals surface area contributed by atoms with Gasteiger partial charge in [0.05, 0.1) is 5.56 Å². The Bertz CT molecular complexity index is 889. The fourth-order valence-electron chi connectivity index (χ4n) is 3.60. The van der Waals surface area contributed by atoms with Crippen molar-refractivity contribution in [3.05, 3.63) is 52.3 Å². The van der Waals surface area contributed by atoms with Gasteiger partial charge >= 0.3 is 6.18 Å². The lowest BCUT2D eigenvalue weighted by atomic mass is 9.89. The van der Waals surface area contributed by atoms with E-state index in [2.05, 4.69) is 10.2 Å². The summed E-state index contributed by atoms with van der Waals surface area (Å²) in [5.74, 6) is -1.14. The van der Waals surface area contributed by atoms with Gasteiger partial charge in [-0.25, -0.2) is 0 Å². The molecule has 1 atom stereocenters. The number of alkyl halides is 3. The summed E-state index contributed by atoms with van der Waals surface area (Å²) in [6.07, 6.45) is -2.62. The fourth-order valence-corrected chi connectivity index (χ4v) is 3.60. The number of aryl methyl sites for hydroxylation is 1. The average Bonchev–Trinajstić information content (AvgIpc) is 3.06. The Kier molecular flexibility index (Phi) is 5.58. The molecule has 2 heterocycles. The fraction of sp³-hybridized carbons (Fsp3) is 0.450. The molecule has 1 fully saturated rings. The first-order valence-electron chi connectivity index (χ1n) is 9.27. The van der Waals surface area contributed by atoms with Crippen LogP contribution in [-0.2, 0) is 12.6 Å². The number of benzene rings is 1. The van der Waals surface area contributed by atoms with Crippen molar-refractivity contribution in [1.82, 2.24) is 15.1 Å². The van der Waals surface area contributed by atoms with Crippen LogP contribution in [0.5, 0.6) is 0 Å². The van der Waals surface area contributed by atoms with Crippen LogP contribution in [0.4, 0.5) is 13.2 Å². The van der Waals surface area contributed by atoms with Crippen molar-refractivity contribution in [1.29, 1.82) is 0 Å². The van der Waals surface area contributed by atoms with Gasteiger partial charge in [-0.05, 0) is 38.3 Å². The summed E-state index contributed by atoms with van der Waals surface area (Å²) in [6, 6.07) is 4.46.